The van der Waals surface area contributed by atoms with E-state index in [0.717, 1.165) is 12.2 Å². The molecule has 0 radical (unpaired) electrons. The average molecular weight is 479 g/mol. The van der Waals surface area contributed by atoms with Crippen molar-refractivity contribution >= 4 is 35.5 Å². The summed E-state index contributed by atoms with van der Waals surface area (Å²) in [7, 11) is 0. The number of thioether (sulfide) groups is 2. The van der Waals surface area contributed by atoms with Crippen LogP contribution < -0.4 is 0 Å². The highest BCUT2D eigenvalue weighted by atomic mass is 32.2. The first-order chi connectivity index (χ1) is 16.2. The summed E-state index contributed by atoms with van der Waals surface area (Å²) < 4.78 is 11.6. The Hall–Kier alpha value is -2.70. The number of hydrogen-bond acceptors (Lipinski definition) is 6. The number of carbonyl (C=O) groups excluding carboxylic acids is 2. The van der Waals surface area contributed by atoms with E-state index in [1.54, 1.807) is 24.3 Å². The van der Waals surface area contributed by atoms with Crippen LogP contribution in [0.1, 0.15) is 32.7 Å². The molecule has 0 aromatic heterocycles. The maximum absolute atomic E-state index is 12.4. The standard InChI is InChI=1S/C27H26O4S2/c28-26(21-12-6-2-7-13-21)30-17-23-16-25(32-19-20-10-4-1-5-11-20)33-24(23)18-31-27(29)22-14-8-3-9-15-22/h1-15,23-25H,16-19H2/t23-,24+,25?/m1/s1. The van der Waals surface area contributed by atoms with Crippen molar-refractivity contribution in [2.75, 3.05) is 13.2 Å². The van der Waals surface area contributed by atoms with E-state index < -0.39 is 0 Å². The molecule has 170 valence electrons. The summed E-state index contributed by atoms with van der Waals surface area (Å²) in [5.74, 6) is 0.406. The molecule has 0 spiro atoms. The fraction of sp³-hybridized carbons (Fsp3) is 0.259. The quantitative estimate of drug-likeness (QED) is 0.347. The van der Waals surface area contributed by atoms with Crippen molar-refractivity contribution in [3.63, 3.8) is 0 Å². The molecule has 0 aliphatic carbocycles. The molecule has 6 heteroatoms. The summed E-state index contributed by atoms with van der Waals surface area (Å²) in [5.41, 5.74) is 2.38. The third-order valence-corrected chi connectivity index (χ3v) is 8.62. The van der Waals surface area contributed by atoms with Crippen molar-refractivity contribution in [3.8, 4) is 0 Å². The predicted molar refractivity (Wildman–Crippen MR) is 134 cm³/mol. The molecule has 3 aromatic rings. The summed E-state index contributed by atoms with van der Waals surface area (Å²) in [6.45, 7) is 0.616. The van der Waals surface area contributed by atoms with Gasteiger partial charge in [-0.3, -0.25) is 0 Å². The molecule has 3 aromatic carbocycles. The van der Waals surface area contributed by atoms with Gasteiger partial charge in [-0.05, 0) is 36.2 Å². The summed E-state index contributed by atoms with van der Waals surface area (Å²) in [5, 5.41) is 0.0782. The zero-order valence-electron chi connectivity index (χ0n) is 18.2. The molecular formula is C27H26O4S2. The van der Waals surface area contributed by atoms with Gasteiger partial charge in [-0.25, -0.2) is 9.59 Å². The summed E-state index contributed by atoms with van der Waals surface area (Å²) in [6.07, 6.45) is 0.901. The Morgan fingerprint density at radius 3 is 1.85 bits per heavy atom. The maximum Gasteiger partial charge on any atom is 0.338 e. The number of hydrogen-bond donors (Lipinski definition) is 0. The van der Waals surface area contributed by atoms with Gasteiger partial charge in [-0.1, -0.05) is 66.7 Å². The van der Waals surface area contributed by atoms with Crippen molar-refractivity contribution in [2.45, 2.75) is 22.0 Å². The van der Waals surface area contributed by atoms with Gasteiger partial charge in [0.1, 0.15) is 6.61 Å². The molecule has 4 rings (SSSR count). The highest BCUT2D eigenvalue weighted by Crippen LogP contribution is 2.45. The Morgan fingerprint density at radius 1 is 0.758 bits per heavy atom. The Morgan fingerprint density at radius 2 is 1.27 bits per heavy atom. The van der Waals surface area contributed by atoms with Gasteiger partial charge >= 0.3 is 11.9 Å². The monoisotopic (exact) mass is 478 g/mol. The van der Waals surface area contributed by atoms with Gasteiger partial charge in [0.15, 0.2) is 0 Å². The van der Waals surface area contributed by atoms with Crippen LogP contribution in [0.2, 0.25) is 0 Å². The molecule has 33 heavy (non-hydrogen) atoms. The van der Waals surface area contributed by atoms with Crippen LogP contribution in [0, 0.1) is 5.92 Å². The topological polar surface area (TPSA) is 52.6 Å². The summed E-state index contributed by atoms with van der Waals surface area (Å²) in [4.78, 5) is 24.9. The molecule has 0 bridgehead atoms. The predicted octanol–water partition coefficient (Wildman–Crippen LogP) is 6.08. The van der Waals surface area contributed by atoms with Gasteiger partial charge in [-0.15, -0.1) is 23.5 Å². The van der Waals surface area contributed by atoms with Gasteiger partial charge in [0.2, 0.25) is 0 Å². The molecule has 0 saturated carbocycles. The minimum Gasteiger partial charge on any atom is -0.462 e. The fourth-order valence-electron chi connectivity index (χ4n) is 3.64. The number of carbonyl (C=O) groups is 2. The first kappa shape index (κ1) is 23.5. The first-order valence-electron chi connectivity index (χ1n) is 10.9. The van der Waals surface area contributed by atoms with E-state index in [4.69, 9.17) is 9.47 Å². The molecule has 1 aliphatic heterocycles. The second kappa shape index (κ2) is 12.0. The molecular weight excluding hydrogens is 452 g/mol. The van der Waals surface area contributed by atoms with Crippen molar-refractivity contribution in [1.29, 1.82) is 0 Å². The van der Waals surface area contributed by atoms with Gasteiger partial charge in [0, 0.05) is 16.9 Å². The Balaban J connectivity index is 1.35. The maximum atomic E-state index is 12.4. The van der Waals surface area contributed by atoms with E-state index >= 15 is 0 Å². The average Bonchev–Trinajstić information content (AvgIpc) is 3.28. The van der Waals surface area contributed by atoms with Crippen molar-refractivity contribution in [1.82, 2.24) is 0 Å². The normalized spacial score (nSPS) is 19.7. The van der Waals surface area contributed by atoms with Crippen LogP contribution in [0.3, 0.4) is 0 Å². The smallest absolute Gasteiger partial charge is 0.338 e. The number of benzene rings is 3. The van der Waals surface area contributed by atoms with Crippen molar-refractivity contribution < 1.29 is 19.1 Å². The van der Waals surface area contributed by atoms with Crippen LogP contribution in [0.5, 0.6) is 0 Å². The van der Waals surface area contributed by atoms with Crippen LogP contribution in [0.4, 0.5) is 0 Å². The van der Waals surface area contributed by atoms with Crippen LogP contribution in [0.15, 0.2) is 91.0 Å². The van der Waals surface area contributed by atoms with Crippen LogP contribution in [-0.2, 0) is 15.2 Å². The van der Waals surface area contributed by atoms with E-state index in [2.05, 4.69) is 24.3 Å². The SMILES string of the molecule is O=C(OC[C@H]1CC(SCc2ccccc2)S[C@H]1COC(=O)c1ccccc1)c1ccccc1. The highest BCUT2D eigenvalue weighted by Gasteiger charge is 2.37. The third-order valence-electron chi connectivity index (χ3n) is 5.45. The van der Waals surface area contributed by atoms with E-state index in [1.807, 2.05) is 66.0 Å². The minimum absolute atomic E-state index is 0.0782. The van der Waals surface area contributed by atoms with Crippen LogP contribution >= 0.6 is 23.5 Å². The zero-order chi connectivity index (χ0) is 22.9. The Kier molecular flexibility index (Phi) is 8.50. The van der Waals surface area contributed by atoms with Crippen LogP contribution in [0.25, 0.3) is 0 Å². The lowest BCUT2D eigenvalue weighted by Gasteiger charge is -2.18. The van der Waals surface area contributed by atoms with Gasteiger partial charge in [0.05, 0.1) is 22.3 Å². The Bertz CT molecular complexity index is 964. The summed E-state index contributed by atoms with van der Waals surface area (Å²) >= 11 is 3.71. The largest absolute Gasteiger partial charge is 0.462 e. The van der Waals surface area contributed by atoms with Gasteiger partial charge in [-0.2, -0.15) is 0 Å². The molecule has 0 amide bonds. The first-order valence-corrected chi connectivity index (χ1v) is 12.9. The molecule has 3 atom stereocenters. The molecule has 0 N–H and O–H groups in total. The fourth-order valence-corrected chi connectivity index (χ4v) is 6.85. The zero-order valence-corrected chi connectivity index (χ0v) is 19.8. The molecule has 1 saturated heterocycles. The lowest BCUT2D eigenvalue weighted by molar-refractivity contribution is 0.0369. The Labute approximate surface area is 203 Å². The molecule has 1 aliphatic rings. The lowest BCUT2D eigenvalue weighted by Crippen LogP contribution is -2.25. The second-order valence-electron chi connectivity index (χ2n) is 7.83. The number of rotatable bonds is 9. The minimum atomic E-state index is -0.323. The van der Waals surface area contributed by atoms with E-state index in [0.29, 0.717) is 28.9 Å². The van der Waals surface area contributed by atoms with Crippen molar-refractivity contribution in [3.05, 3.63) is 108 Å². The molecule has 1 unspecified atom stereocenters. The van der Waals surface area contributed by atoms with E-state index in [1.165, 1.54) is 5.56 Å². The number of esters is 2. The van der Waals surface area contributed by atoms with Gasteiger partial charge in [0.25, 0.3) is 0 Å². The number of ether oxygens (including phenoxy) is 2. The summed E-state index contributed by atoms with van der Waals surface area (Å²) in [6, 6.07) is 28.4. The van der Waals surface area contributed by atoms with E-state index in [9.17, 15) is 9.59 Å². The van der Waals surface area contributed by atoms with Gasteiger partial charge < -0.3 is 9.47 Å². The highest BCUT2D eigenvalue weighted by molar-refractivity contribution is 8.17. The third kappa shape index (κ3) is 6.89. The molecule has 4 nitrogen and oxygen atoms in total. The molecule has 1 heterocycles. The van der Waals surface area contributed by atoms with Crippen LogP contribution in [-0.4, -0.2) is 35.0 Å². The second-order valence-corrected chi connectivity index (χ2v) is 10.8. The van der Waals surface area contributed by atoms with Crippen molar-refractivity contribution in [2.24, 2.45) is 5.92 Å². The van der Waals surface area contributed by atoms with E-state index in [-0.39, 0.29) is 23.1 Å². The lowest BCUT2D eigenvalue weighted by atomic mass is 10.0. The molecule has 1 fully saturated rings.